The molecule has 1 aliphatic heterocycles. The number of methoxy groups -OCH3 is 1. The molecular weight excluding hydrogens is 473 g/mol. The van der Waals surface area contributed by atoms with Crippen molar-refractivity contribution in [2.75, 3.05) is 25.1 Å². The molecule has 1 unspecified atom stereocenters. The molecule has 1 aromatic heterocycles. The van der Waals surface area contributed by atoms with Gasteiger partial charge in [0.15, 0.2) is 11.7 Å². The summed E-state index contributed by atoms with van der Waals surface area (Å²) >= 11 is 18.3. The maximum Gasteiger partial charge on any atom is 0.220 e. The third-order valence-electron chi connectivity index (χ3n) is 5.35. The van der Waals surface area contributed by atoms with E-state index in [0.29, 0.717) is 45.2 Å². The Labute approximate surface area is 201 Å². The van der Waals surface area contributed by atoms with E-state index < -0.39 is 0 Å². The second kappa shape index (κ2) is 10.0. The fourth-order valence-electron chi connectivity index (χ4n) is 3.77. The van der Waals surface area contributed by atoms with Crippen molar-refractivity contribution in [3.05, 3.63) is 63.6 Å². The van der Waals surface area contributed by atoms with Gasteiger partial charge in [0.1, 0.15) is 5.75 Å². The van der Waals surface area contributed by atoms with Crippen molar-refractivity contribution in [1.29, 1.82) is 0 Å². The number of amides is 1. The number of aromatic nitrogens is 1. The summed E-state index contributed by atoms with van der Waals surface area (Å²) < 4.78 is 11.2. The smallest absolute Gasteiger partial charge is 0.220 e. The summed E-state index contributed by atoms with van der Waals surface area (Å²) in [4.78, 5) is 18.9. The highest BCUT2D eigenvalue weighted by molar-refractivity contribution is 6.36. The van der Waals surface area contributed by atoms with E-state index in [1.54, 1.807) is 37.6 Å². The predicted molar refractivity (Wildman–Crippen MR) is 127 cm³/mol. The minimum Gasteiger partial charge on any atom is -0.495 e. The number of rotatable bonds is 7. The number of hydrogen-bond donors (Lipinski definition) is 1. The molecule has 9 heteroatoms. The number of aryl methyl sites for hydroxylation is 1. The van der Waals surface area contributed by atoms with Crippen LogP contribution in [0.5, 0.6) is 5.75 Å². The zero-order chi connectivity index (χ0) is 22.7. The summed E-state index contributed by atoms with van der Waals surface area (Å²) in [5.74, 6) is 1.75. The molecule has 1 saturated heterocycles. The standard InChI is InChI=1S/C23H22Cl3N3O3/c1-31-20-5-3-15(25)11-19(20)29-9-8-16(13-29)28-22(30)6-7-23-27-12-21(32-23)17-4-2-14(24)10-18(17)26/h2-5,10-12,16H,6-9,13H2,1H3,(H,28,30). The monoisotopic (exact) mass is 493 g/mol. The van der Waals surface area contributed by atoms with Crippen LogP contribution < -0.4 is 15.0 Å². The van der Waals surface area contributed by atoms with Crippen LogP contribution in [0, 0.1) is 0 Å². The van der Waals surface area contributed by atoms with Crippen LogP contribution in [0.4, 0.5) is 5.69 Å². The first kappa shape index (κ1) is 22.8. The zero-order valence-corrected chi connectivity index (χ0v) is 19.7. The van der Waals surface area contributed by atoms with Crippen molar-refractivity contribution < 1.29 is 13.9 Å². The number of hydrogen-bond acceptors (Lipinski definition) is 5. The molecule has 6 nitrogen and oxygen atoms in total. The van der Waals surface area contributed by atoms with Crippen LogP contribution in [0.15, 0.2) is 47.0 Å². The number of nitrogens with zero attached hydrogens (tertiary/aromatic N) is 2. The molecule has 0 saturated carbocycles. The van der Waals surface area contributed by atoms with Gasteiger partial charge < -0.3 is 19.4 Å². The Hall–Kier alpha value is -2.41. The van der Waals surface area contributed by atoms with Gasteiger partial charge in [-0.15, -0.1) is 0 Å². The molecule has 4 rings (SSSR count). The Morgan fingerprint density at radius 1 is 1.22 bits per heavy atom. The van der Waals surface area contributed by atoms with Crippen molar-refractivity contribution in [1.82, 2.24) is 10.3 Å². The van der Waals surface area contributed by atoms with E-state index in [2.05, 4.69) is 15.2 Å². The number of benzene rings is 2. The van der Waals surface area contributed by atoms with Crippen molar-refractivity contribution in [2.45, 2.75) is 25.3 Å². The molecule has 1 fully saturated rings. The first-order valence-corrected chi connectivity index (χ1v) is 11.3. The Kier molecular flexibility index (Phi) is 7.13. The van der Waals surface area contributed by atoms with Gasteiger partial charge in [-0.1, -0.05) is 34.8 Å². The largest absolute Gasteiger partial charge is 0.495 e. The van der Waals surface area contributed by atoms with Crippen LogP contribution in [0.2, 0.25) is 15.1 Å². The maximum atomic E-state index is 12.5. The molecule has 2 heterocycles. The molecule has 0 radical (unpaired) electrons. The normalized spacial score (nSPS) is 15.8. The highest BCUT2D eigenvalue weighted by atomic mass is 35.5. The fourth-order valence-corrected chi connectivity index (χ4v) is 4.44. The average molecular weight is 495 g/mol. The van der Waals surface area contributed by atoms with Crippen LogP contribution in [-0.2, 0) is 11.2 Å². The van der Waals surface area contributed by atoms with Gasteiger partial charge in [-0.05, 0) is 42.8 Å². The van der Waals surface area contributed by atoms with Gasteiger partial charge in [0.2, 0.25) is 5.91 Å². The zero-order valence-electron chi connectivity index (χ0n) is 17.4. The van der Waals surface area contributed by atoms with Crippen molar-refractivity contribution >= 4 is 46.4 Å². The summed E-state index contributed by atoms with van der Waals surface area (Å²) in [6, 6.07) is 10.8. The minimum atomic E-state index is -0.0424. The highest BCUT2D eigenvalue weighted by Gasteiger charge is 2.26. The lowest BCUT2D eigenvalue weighted by atomic mass is 10.2. The Bertz CT molecular complexity index is 1120. The first-order valence-electron chi connectivity index (χ1n) is 10.2. The number of anilines is 1. The van der Waals surface area contributed by atoms with Crippen molar-refractivity contribution in [2.24, 2.45) is 0 Å². The van der Waals surface area contributed by atoms with E-state index in [4.69, 9.17) is 44.0 Å². The predicted octanol–water partition coefficient (Wildman–Crippen LogP) is 5.64. The lowest BCUT2D eigenvalue weighted by molar-refractivity contribution is -0.121. The molecule has 1 amide bonds. The molecule has 1 aliphatic rings. The Balaban J connectivity index is 1.30. The summed E-state index contributed by atoms with van der Waals surface area (Å²) in [7, 11) is 1.64. The third kappa shape index (κ3) is 5.31. The quantitative estimate of drug-likeness (QED) is 0.460. The molecule has 2 aromatic carbocycles. The van der Waals surface area contributed by atoms with E-state index >= 15 is 0 Å². The molecule has 3 aromatic rings. The van der Waals surface area contributed by atoms with E-state index in [0.717, 1.165) is 24.4 Å². The van der Waals surface area contributed by atoms with Gasteiger partial charge in [0.05, 0.1) is 24.0 Å². The highest BCUT2D eigenvalue weighted by Crippen LogP contribution is 2.33. The van der Waals surface area contributed by atoms with Crippen LogP contribution >= 0.6 is 34.8 Å². The van der Waals surface area contributed by atoms with Gasteiger partial charge in [0, 0.05) is 47.6 Å². The van der Waals surface area contributed by atoms with Crippen molar-refractivity contribution in [3.8, 4) is 17.1 Å². The van der Waals surface area contributed by atoms with Gasteiger partial charge in [-0.2, -0.15) is 0 Å². The molecule has 168 valence electrons. The van der Waals surface area contributed by atoms with Crippen LogP contribution in [0.1, 0.15) is 18.7 Å². The Morgan fingerprint density at radius 2 is 2.00 bits per heavy atom. The van der Waals surface area contributed by atoms with Gasteiger partial charge >= 0.3 is 0 Å². The van der Waals surface area contributed by atoms with E-state index in [9.17, 15) is 4.79 Å². The molecule has 1 N–H and O–H groups in total. The summed E-state index contributed by atoms with van der Waals surface area (Å²) in [5, 5.41) is 4.78. The molecule has 0 spiro atoms. The fraction of sp³-hybridized carbons (Fsp3) is 0.304. The van der Waals surface area contributed by atoms with E-state index in [-0.39, 0.29) is 18.4 Å². The number of carbonyl (C=O) groups excluding carboxylic acids is 1. The van der Waals surface area contributed by atoms with Gasteiger partial charge in [-0.25, -0.2) is 4.98 Å². The second-order valence-electron chi connectivity index (χ2n) is 7.56. The topological polar surface area (TPSA) is 67.6 Å². The van der Waals surface area contributed by atoms with E-state index in [1.165, 1.54) is 0 Å². The summed E-state index contributed by atoms with van der Waals surface area (Å²) in [5.41, 5.74) is 1.65. The van der Waals surface area contributed by atoms with Gasteiger partial charge in [-0.3, -0.25) is 4.79 Å². The lowest BCUT2D eigenvalue weighted by Crippen LogP contribution is -2.37. The summed E-state index contributed by atoms with van der Waals surface area (Å²) in [6.07, 6.45) is 3.14. The number of ether oxygens (including phenoxy) is 1. The van der Waals surface area contributed by atoms with Crippen LogP contribution in [0.3, 0.4) is 0 Å². The Morgan fingerprint density at radius 3 is 2.78 bits per heavy atom. The summed E-state index contributed by atoms with van der Waals surface area (Å²) in [6.45, 7) is 1.51. The SMILES string of the molecule is COc1ccc(Cl)cc1N1CCC(NC(=O)CCc2ncc(-c3ccc(Cl)cc3Cl)o2)C1. The van der Waals surface area contributed by atoms with Crippen LogP contribution in [0.25, 0.3) is 11.3 Å². The molecule has 0 bridgehead atoms. The number of nitrogens with one attached hydrogen (secondary N) is 1. The first-order chi connectivity index (χ1) is 15.4. The number of halogens is 3. The molecule has 0 aliphatic carbocycles. The third-order valence-corrected chi connectivity index (χ3v) is 6.13. The molecular formula is C23H22Cl3N3O3. The molecule has 1 atom stereocenters. The van der Waals surface area contributed by atoms with Crippen LogP contribution in [-0.4, -0.2) is 37.1 Å². The minimum absolute atomic E-state index is 0.0424. The maximum absolute atomic E-state index is 12.5. The second-order valence-corrected chi connectivity index (χ2v) is 8.84. The van der Waals surface area contributed by atoms with Gasteiger partial charge in [0.25, 0.3) is 0 Å². The molecule has 32 heavy (non-hydrogen) atoms. The van der Waals surface area contributed by atoms with E-state index in [1.807, 2.05) is 12.1 Å². The number of carbonyl (C=O) groups is 1. The average Bonchev–Trinajstić information content (AvgIpc) is 3.42. The van der Waals surface area contributed by atoms with Crippen molar-refractivity contribution in [3.63, 3.8) is 0 Å². The lowest BCUT2D eigenvalue weighted by Gasteiger charge is -2.21. The number of oxazole rings is 1.